The summed E-state index contributed by atoms with van der Waals surface area (Å²) < 4.78 is 1.88. The van der Waals surface area contributed by atoms with Gasteiger partial charge in [0.05, 0.1) is 12.2 Å². The van der Waals surface area contributed by atoms with Gasteiger partial charge in [-0.15, -0.1) is 24.0 Å². The molecule has 0 unspecified atom stereocenters. The van der Waals surface area contributed by atoms with Crippen LogP contribution in [0, 0.1) is 0 Å². The second kappa shape index (κ2) is 13.3. The minimum absolute atomic E-state index is 0. The van der Waals surface area contributed by atoms with Crippen molar-refractivity contribution < 1.29 is 4.79 Å². The first kappa shape index (κ1) is 26.9. The predicted octanol–water partition coefficient (Wildman–Crippen LogP) is 4.50. The monoisotopic (exact) mass is 540 g/mol. The number of hydrogen-bond donors (Lipinski definition) is 2. The lowest BCUT2D eigenvalue weighted by molar-refractivity contribution is -0.116. The molecule has 0 spiro atoms. The Morgan fingerprint density at radius 2 is 1.90 bits per heavy atom. The first-order chi connectivity index (χ1) is 14.3. The van der Waals surface area contributed by atoms with Crippen LogP contribution in [0.1, 0.15) is 63.3 Å². The molecule has 1 amide bonds. The number of benzene rings is 1. The Labute approximate surface area is 203 Å². The summed E-state index contributed by atoms with van der Waals surface area (Å²) >= 11 is 0. The van der Waals surface area contributed by atoms with Gasteiger partial charge in [0, 0.05) is 51.1 Å². The molecule has 0 radical (unpaired) electrons. The van der Waals surface area contributed by atoms with Gasteiger partial charge >= 0.3 is 0 Å². The molecule has 1 heterocycles. The highest BCUT2D eigenvalue weighted by atomic mass is 127. The number of carbonyl (C=O) groups is 1. The third-order valence-corrected chi connectivity index (χ3v) is 4.71. The summed E-state index contributed by atoms with van der Waals surface area (Å²) in [6.07, 6.45) is 3.47. The lowest BCUT2D eigenvalue weighted by atomic mass is 10.1. The molecule has 172 valence electrons. The van der Waals surface area contributed by atoms with Crippen molar-refractivity contribution in [1.82, 2.24) is 20.0 Å². The Kier molecular flexibility index (Phi) is 11.6. The van der Waals surface area contributed by atoms with Crippen LogP contribution < -0.4 is 10.6 Å². The summed E-state index contributed by atoms with van der Waals surface area (Å²) in [6.45, 7) is 10.5. The van der Waals surface area contributed by atoms with E-state index >= 15 is 0 Å². The zero-order chi connectivity index (χ0) is 22.1. The van der Waals surface area contributed by atoms with Crippen LogP contribution in [-0.4, -0.2) is 40.1 Å². The van der Waals surface area contributed by atoms with Crippen molar-refractivity contribution in [3.05, 3.63) is 47.3 Å². The number of carbonyl (C=O) groups excluding carboxylic acids is 1. The molecule has 0 aliphatic heterocycles. The number of aryl methyl sites for hydroxylation is 1. The standard InChI is InChI=1S/C23H36N6O.HI/c1-7-9-21(30)26-20-12-10-18(11-13-20)14-25-23(24-8-2)28(5)15-19-16-29(6)27-22(19)17(3)4;/h10-13,16-17H,7-9,14-15H2,1-6H3,(H,24,25)(H,26,30);1H. The maximum absolute atomic E-state index is 11.7. The van der Waals surface area contributed by atoms with E-state index in [2.05, 4.69) is 47.6 Å². The van der Waals surface area contributed by atoms with Crippen LogP contribution >= 0.6 is 24.0 Å². The highest BCUT2D eigenvalue weighted by Gasteiger charge is 2.15. The van der Waals surface area contributed by atoms with Gasteiger partial charge in [0.25, 0.3) is 0 Å². The van der Waals surface area contributed by atoms with Gasteiger partial charge in [-0.3, -0.25) is 9.48 Å². The van der Waals surface area contributed by atoms with E-state index in [1.165, 1.54) is 5.56 Å². The minimum atomic E-state index is 0. The van der Waals surface area contributed by atoms with Crippen LogP contribution in [0.5, 0.6) is 0 Å². The molecule has 0 atom stereocenters. The SMILES string of the molecule is CCCC(=O)Nc1ccc(CN=C(NCC)N(C)Cc2cn(C)nc2C(C)C)cc1.I. The number of nitrogens with zero attached hydrogens (tertiary/aromatic N) is 4. The first-order valence-electron chi connectivity index (χ1n) is 10.7. The third-order valence-electron chi connectivity index (χ3n) is 4.71. The fourth-order valence-corrected chi connectivity index (χ4v) is 3.27. The van der Waals surface area contributed by atoms with E-state index in [0.717, 1.165) is 42.4 Å². The van der Waals surface area contributed by atoms with Crippen molar-refractivity contribution >= 4 is 41.5 Å². The Balaban J connectivity index is 0.00000480. The van der Waals surface area contributed by atoms with Crippen LogP contribution in [0.3, 0.4) is 0 Å². The van der Waals surface area contributed by atoms with Gasteiger partial charge in [0.15, 0.2) is 5.96 Å². The van der Waals surface area contributed by atoms with Crippen molar-refractivity contribution in [1.29, 1.82) is 0 Å². The summed E-state index contributed by atoms with van der Waals surface area (Å²) in [7, 11) is 4.01. The van der Waals surface area contributed by atoms with Gasteiger partial charge in [-0.1, -0.05) is 32.9 Å². The second-order valence-corrected chi connectivity index (χ2v) is 7.89. The Hall–Kier alpha value is -2.10. The van der Waals surface area contributed by atoms with Crippen LogP contribution in [0.2, 0.25) is 0 Å². The average molecular weight is 540 g/mol. The van der Waals surface area contributed by atoms with Gasteiger partial charge in [0.2, 0.25) is 5.91 Å². The lowest BCUT2D eigenvalue weighted by Crippen LogP contribution is -2.38. The number of anilines is 1. The molecular formula is C23H37IN6O. The zero-order valence-corrected chi connectivity index (χ0v) is 21.9. The molecule has 2 N–H and O–H groups in total. The van der Waals surface area contributed by atoms with Gasteiger partial charge < -0.3 is 15.5 Å². The summed E-state index contributed by atoms with van der Waals surface area (Å²) in [5.41, 5.74) is 4.26. The van der Waals surface area contributed by atoms with Crippen molar-refractivity contribution in [3.63, 3.8) is 0 Å². The van der Waals surface area contributed by atoms with Crippen LogP contribution in [0.15, 0.2) is 35.5 Å². The Morgan fingerprint density at radius 1 is 1.23 bits per heavy atom. The Bertz CT molecular complexity index is 844. The molecule has 0 fully saturated rings. The number of guanidine groups is 1. The maximum Gasteiger partial charge on any atom is 0.224 e. The molecule has 0 saturated heterocycles. The summed E-state index contributed by atoms with van der Waals surface area (Å²) in [4.78, 5) is 18.7. The summed E-state index contributed by atoms with van der Waals surface area (Å²) in [5, 5.41) is 10.9. The Morgan fingerprint density at radius 3 is 2.48 bits per heavy atom. The number of amides is 1. The third kappa shape index (κ3) is 8.51. The number of aromatic nitrogens is 2. The van der Waals surface area contributed by atoms with Gasteiger partial charge in [-0.2, -0.15) is 5.10 Å². The van der Waals surface area contributed by atoms with E-state index < -0.39 is 0 Å². The molecule has 0 aliphatic rings. The number of aliphatic imine (C=N–C) groups is 1. The molecule has 2 rings (SSSR count). The van der Waals surface area contributed by atoms with E-state index in [1.807, 2.05) is 50.0 Å². The molecule has 0 saturated carbocycles. The molecular weight excluding hydrogens is 503 g/mol. The van der Waals surface area contributed by atoms with Crippen LogP contribution in [0.25, 0.3) is 0 Å². The molecule has 0 aliphatic carbocycles. The number of halogens is 1. The number of nitrogens with one attached hydrogen (secondary N) is 2. The number of hydrogen-bond acceptors (Lipinski definition) is 3. The maximum atomic E-state index is 11.7. The zero-order valence-electron chi connectivity index (χ0n) is 19.6. The largest absolute Gasteiger partial charge is 0.357 e. The fourth-order valence-electron chi connectivity index (χ4n) is 3.27. The molecule has 1 aromatic heterocycles. The second-order valence-electron chi connectivity index (χ2n) is 7.89. The average Bonchev–Trinajstić information content (AvgIpc) is 3.06. The molecule has 0 bridgehead atoms. The van der Waals surface area contributed by atoms with E-state index in [0.29, 0.717) is 18.9 Å². The van der Waals surface area contributed by atoms with Gasteiger partial charge in [0.1, 0.15) is 0 Å². The van der Waals surface area contributed by atoms with Crippen molar-refractivity contribution in [2.45, 2.75) is 59.5 Å². The van der Waals surface area contributed by atoms with Crippen molar-refractivity contribution in [2.75, 3.05) is 18.9 Å². The molecule has 8 heteroatoms. The molecule has 7 nitrogen and oxygen atoms in total. The lowest BCUT2D eigenvalue weighted by Gasteiger charge is -2.22. The van der Waals surface area contributed by atoms with Crippen molar-refractivity contribution in [2.24, 2.45) is 12.0 Å². The molecule has 2 aromatic rings. The molecule has 1 aromatic carbocycles. The fraction of sp³-hybridized carbons (Fsp3) is 0.522. The predicted molar refractivity (Wildman–Crippen MR) is 139 cm³/mol. The number of rotatable bonds is 9. The van der Waals surface area contributed by atoms with E-state index in [1.54, 1.807) is 0 Å². The highest BCUT2D eigenvalue weighted by Crippen LogP contribution is 2.18. The van der Waals surface area contributed by atoms with Crippen LogP contribution in [0.4, 0.5) is 5.69 Å². The van der Waals surface area contributed by atoms with E-state index in [-0.39, 0.29) is 29.9 Å². The van der Waals surface area contributed by atoms with Gasteiger partial charge in [-0.25, -0.2) is 4.99 Å². The summed E-state index contributed by atoms with van der Waals surface area (Å²) in [5.74, 6) is 1.29. The summed E-state index contributed by atoms with van der Waals surface area (Å²) in [6, 6.07) is 7.87. The topological polar surface area (TPSA) is 74.6 Å². The minimum Gasteiger partial charge on any atom is -0.357 e. The highest BCUT2D eigenvalue weighted by molar-refractivity contribution is 14.0. The van der Waals surface area contributed by atoms with E-state index in [9.17, 15) is 4.79 Å². The first-order valence-corrected chi connectivity index (χ1v) is 10.7. The quantitative estimate of drug-likeness (QED) is 0.279. The normalized spacial score (nSPS) is 11.3. The van der Waals surface area contributed by atoms with Crippen LogP contribution in [-0.2, 0) is 24.9 Å². The van der Waals surface area contributed by atoms with E-state index in [4.69, 9.17) is 4.99 Å². The van der Waals surface area contributed by atoms with Crippen molar-refractivity contribution in [3.8, 4) is 0 Å². The molecule has 31 heavy (non-hydrogen) atoms. The smallest absolute Gasteiger partial charge is 0.224 e. The van der Waals surface area contributed by atoms with Gasteiger partial charge in [-0.05, 0) is 37.0 Å².